The van der Waals surface area contributed by atoms with Gasteiger partial charge in [-0.3, -0.25) is 4.79 Å². The van der Waals surface area contributed by atoms with Gasteiger partial charge in [0.15, 0.2) is 0 Å². The first-order chi connectivity index (χ1) is 21.6. The van der Waals surface area contributed by atoms with Gasteiger partial charge in [-0.15, -0.1) is 5.10 Å². The molecule has 2 heterocycles. The molecular formula is C32H38F6N6O2. The number of carboxylic acid groups (broad SMARTS) is 1. The van der Waals surface area contributed by atoms with E-state index in [-0.39, 0.29) is 36.5 Å². The molecule has 46 heavy (non-hydrogen) atoms. The summed E-state index contributed by atoms with van der Waals surface area (Å²) in [6.07, 6.45) is -4.94. The number of anilines is 2. The van der Waals surface area contributed by atoms with E-state index in [2.05, 4.69) is 26.4 Å². The average molecular weight is 653 g/mol. The molecule has 250 valence electrons. The van der Waals surface area contributed by atoms with Crippen molar-refractivity contribution in [1.29, 1.82) is 0 Å². The van der Waals surface area contributed by atoms with Gasteiger partial charge in [0, 0.05) is 31.7 Å². The van der Waals surface area contributed by atoms with E-state index in [1.807, 2.05) is 19.9 Å². The number of aryl methyl sites for hydroxylation is 3. The van der Waals surface area contributed by atoms with Crippen LogP contribution in [-0.4, -0.2) is 44.4 Å². The molecule has 0 spiro atoms. The molecule has 1 atom stereocenters. The van der Waals surface area contributed by atoms with E-state index < -0.39 is 35.5 Å². The lowest BCUT2D eigenvalue weighted by molar-refractivity contribution is -0.143. The zero-order valence-electron chi connectivity index (χ0n) is 26.0. The normalized spacial score (nSPS) is 20.7. The zero-order valence-corrected chi connectivity index (χ0v) is 26.0. The molecule has 2 aromatic carbocycles. The Hall–Kier alpha value is -3.84. The van der Waals surface area contributed by atoms with E-state index in [0.717, 1.165) is 66.7 Å². The highest BCUT2D eigenvalue weighted by atomic mass is 19.4. The highest BCUT2D eigenvalue weighted by molar-refractivity contribution is 5.67. The number of hydrogen-bond acceptors (Lipinski definition) is 6. The largest absolute Gasteiger partial charge is 0.481 e. The van der Waals surface area contributed by atoms with Crippen LogP contribution in [0.15, 0.2) is 30.3 Å². The van der Waals surface area contributed by atoms with Gasteiger partial charge in [-0.25, -0.2) is 0 Å². The average Bonchev–Trinajstić information content (AvgIpc) is 3.33. The minimum Gasteiger partial charge on any atom is -0.481 e. The van der Waals surface area contributed by atoms with Gasteiger partial charge in [0.05, 0.1) is 24.2 Å². The van der Waals surface area contributed by atoms with Crippen LogP contribution in [0.2, 0.25) is 0 Å². The summed E-state index contributed by atoms with van der Waals surface area (Å²) in [5.74, 6) is -0.113. The number of rotatable bonds is 8. The van der Waals surface area contributed by atoms with Crippen molar-refractivity contribution in [2.45, 2.75) is 83.7 Å². The third kappa shape index (κ3) is 7.75. The van der Waals surface area contributed by atoms with Gasteiger partial charge in [-0.05, 0) is 116 Å². The topological polar surface area (TPSA) is 87.4 Å². The Morgan fingerprint density at radius 3 is 2.09 bits per heavy atom. The minimum atomic E-state index is -4.97. The van der Waals surface area contributed by atoms with Crippen LogP contribution in [0.3, 0.4) is 0 Å². The predicted molar refractivity (Wildman–Crippen MR) is 159 cm³/mol. The fraction of sp³-hybridized carbons (Fsp3) is 0.562. The lowest BCUT2D eigenvalue weighted by Crippen LogP contribution is -2.33. The van der Waals surface area contributed by atoms with Crippen LogP contribution in [0.1, 0.15) is 84.4 Å². The van der Waals surface area contributed by atoms with Gasteiger partial charge in [-0.2, -0.15) is 31.1 Å². The number of carbonyl (C=O) groups is 1. The number of fused-ring (bicyclic) bond motifs is 1. The summed E-state index contributed by atoms with van der Waals surface area (Å²) in [4.78, 5) is 16.4. The van der Waals surface area contributed by atoms with Crippen molar-refractivity contribution in [3.63, 3.8) is 0 Å². The number of aliphatic carboxylic acids is 1. The van der Waals surface area contributed by atoms with E-state index in [4.69, 9.17) is 0 Å². The van der Waals surface area contributed by atoms with E-state index >= 15 is 0 Å². The second kappa shape index (κ2) is 13.1. The third-order valence-electron chi connectivity index (χ3n) is 9.29. The summed E-state index contributed by atoms with van der Waals surface area (Å²) in [6, 6.07) is 5.34. The molecule has 8 nitrogen and oxygen atoms in total. The molecule has 5 rings (SSSR count). The number of halogens is 6. The first-order valence-corrected chi connectivity index (χ1v) is 15.5. The number of benzene rings is 2. The fourth-order valence-corrected chi connectivity index (χ4v) is 6.82. The maximum atomic E-state index is 13.7. The van der Waals surface area contributed by atoms with Crippen molar-refractivity contribution < 1.29 is 36.2 Å². The monoisotopic (exact) mass is 652 g/mol. The van der Waals surface area contributed by atoms with Crippen molar-refractivity contribution in [2.24, 2.45) is 18.9 Å². The minimum absolute atomic E-state index is 0.104. The van der Waals surface area contributed by atoms with Gasteiger partial charge in [0.1, 0.15) is 0 Å². The quantitative estimate of drug-likeness (QED) is 0.252. The summed E-state index contributed by atoms with van der Waals surface area (Å²) >= 11 is 0. The summed E-state index contributed by atoms with van der Waals surface area (Å²) in [7, 11) is 1.54. The molecule has 1 saturated carbocycles. The van der Waals surface area contributed by atoms with Gasteiger partial charge >= 0.3 is 18.3 Å². The van der Waals surface area contributed by atoms with Gasteiger partial charge in [0.25, 0.3) is 5.95 Å². The van der Waals surface area contributed by atoms with Crippen molar-refractivity contribution >= 4 is 17.6 Å². The SMILES string of the molecule is Cc1cc2c(cc1C)N(CC1CCC(CC(=O)O)CC1)CCC[C@@H]2N(Cc1cc(C(F)(F)F)cc(C(F)(F)F)c1)c1nnn(C)n1. The van der Waals surface area contributed by atoms with Gasteiger partial charge in [-0.1, -0.05) is 11.2 Å². The van der Waals surface area contributed by atoms with Crippen molar-refractivity contribution in [3.05, 3.63) is 63.7 Å². The number of hydrogen-bond donors (Lipinski definition) is 1. The molecule has 1 fully saturated rings. The first-order valence-electron chi connectivity index (χ1n) is 15.5. The molecule has 1 aliphatic heterocycles. The molecule has 0 radical (unpaired) electrons. The Labute approximate surface area is 263 Å². The summed E-state index contributed by atoms with van der Waals surface area (Å²) in [6.45, 7) is 5.16. The summed E-state index contributed by atoms with van der Waals surface area (Å²) in [5, 5.41) is 21.6. The van der Waals surface area contributed by atoms with E-state index in [9.17, 15) is 36.2 Å². The molecule has 1 aromatic heterocycles. The van der Waals surface area contributed by atoms with E-state index in [0.29, 0.717) is 25.3 Å². The van der Waals surface area contributed by atoms with Crippen LogP contribution < -0.4 is 9.80 Å². The van der Waals surface area contributed by atoms with E-state index in [1.165, 1.54) is 4.80 Å². The zero-order chi connectivity index (χ0) is 33.4. The Morgan fingerprint density at radius 1 is 0.913 bits per heavy atom. The van der Waals surface area contributed by atoms with Gasteiger partial charge in [0.2, 0.25) is 0 Å². The van der Waals surface area contributed by atoms with Crippen LogP contribution in [0.25, 0.3) is 0 Å². The number of nitrogens with zero attached hydrogens (tertiary/aromatic N) is 6. The Morgan fingerprint density at radius 2 is 1.52 bits per heavy atom. The van der Waals surface area contributed by atoms with Gasteiger partial charge < -0.3 is 14.9 Å². The smallest absolute Gasteiger partial charge is 0.416 e. The lowest BCUT2D eigenvalue weighted by atomic mass is 9.80. The predicted octanol–water partition coefficient (Wildman–Crippen LogP) is 7.49. The van der Waals surface area contributed by atoms with Crippen LogP contribution in [0.4, 0.5) is 38.0 Å². The Kier molecular flexibility index (Phi) is 9.55. The first kappa shape index (κ1) is 33.5. The molecule has 14 heteroatoms. The lowest BCUT2D eigenvalue weighted by Gasteiger charge is -2.35. The molecule has 0 unspecified atom stereocenters. The summed E-state index contributed by atoms with van der Waals surface area (Å²) in [5.41, 5.74) is 1.02. The van der Waals surface area contributed by atoms with Crippen LogP contribution in [0.5, 0.6) is 0 Å². The van der Waals surface area contributed by atoms with Crippen molar-refractivity contribution in [1.82, 2.24) is 20.2 Å². The van der Waals surface area contributed by atoms with E-state index in [1.54, 1.807) is 11.9 Å². The molecule has 0 amide bonds. The maximum Gasteiger partial charge on any atom is 0.416 e. The highest BCUT2D eigenvalue weighted by Crippen LogP contribution is 2.43. The molecule has 1 N–H and O–H groups in total. The number of carboxylic acids is 1. The number of alkyl halides is 6. The molecular weight excluding hydrogens is 614 g/mol. The molecule has 0 bridgehead atoms. The molecule has 2 aliphatic rings. The number of tetrazole rings is 1. The van der Waals surface area contributed by atoms with Crippen LogP contribution in [0, 0.1) is 25.7 Å². The standard InChI is InChI=1S/C32H38F6N6O2/c1-19-11-26-27(5-4-10-43(28(26)12-20(19)2)17-22-8-6-21(7-9-22)15-29(45)46)44(30-39-41-42(3)40-30)18-23-13-24(31(33,34)35)16-25(14-23)32(36,37)38/h11-14,16,21-22,27H,4-10,15,17-18H2,1-3H3,(H,45,46)/t21?,22?,27-/m0/s1. The maximum absolute atomic E-state index is 13.7. The Balaban J connectivity index is 1.52. The van der Waals surface area contributed by atoms with Crippen LogP contribution >= 0.6 is 0 Å². The molecule has 1 aliphatic carbocycles. The highest BCUT2D eigenvalue weighted by Gasteiger charge is 2.38. The second-order valence-electron chi connectivity index (χ2n) is 12.7. The number of aromatic nitrogens is 4. The fourth-order valence-electron chi connectivity index (χ4n) is 6.82. The van der Waals surface area contributed by atoms with Crippen molar-refractivity contribution in [3.8, 4) is 0 Å². The second-order valence-corrected chi connectivity index (χ2v) is 12.7. The van der Waals surface area contributed by atoms with Crippen molar-refractivity contribution in [2.75, 3.05) is 22.9 Å². The molecule has 3 aromatic rings. The summed E-state index contributed by atoms with van der Waals surface area (Å²) < 4.78 is 82.5. The van der Waals surface area contributed by atoms with Crippen LogP contribution in [-0.2, 0) is 30.7 Å². The molecule has 0 saturated heterocycles. The third-order valence-corrected chi connectivity index (χ3v) is 9.29. The Bertz CT molecular complexity index is 1510.